The summed E-state index contributed by atoms with van der Waals surface area (Å²) in [7, 11) is 6.27. The molecule has 1 aromatic carbocycles. The van der Waals surface area contributed by atoms with E-state index in [1.165, 1.54) is 5.56 Å². The first-order chi connectivity index (χ1) is 12.3. The minimum atomic E-state index is 0.0807. The molecule has 1 heterocycles. The van der Waals surface area contributed by atoms with Gasteiger partial charge in [0, 0.05) is 50.8 Å². The molecular formula is C21H35N3O2. The van der Waals surface area contributed by atoms with E-state index in [9.17, 15) is 9.90 Å². The van der Waals surface area contributed by atoms with Crippen molar-refractivity contribution in [2.24, 2.45) is 11.8 Å². The minimum Gasteiger partial charge on any atom is -0.396 e. The van der Waals surface area contributed by atoms with Crippen LogP contribution in [-0.4, -0.2) is 86.2 Å². The summed E-state index contributed by atoms with van der Waals surface area (Å²) in [5.74, 6) is 1.03. The fraction of sp³-hybridized carbons (Fsp3) is 0.667. The van der Waals surface area contributed by atoms with Crippen molar-refractivity contribution in [1.82, 2.24) is 14.7 Å². The van der Waals surface area contributed by atoms with Crippen LogP contribution in [0.2, 0.25) is 0 Å². The molecule has 26 heavy (non-hydrogen) atoms. The molecule has 0 spiro atoms. The zero-order valence-corrected chi connectivity index (χ0v) is 17.0. The van der Waals surface area contributed by atoms with Gasteiger partial charge in [-0.15, -0.1) is 0 Å². The standard InChI is InChI=1S/C21H35N3O2/c1-16(2)17-6-8-18(9-7-17)21(26)24-13-19(20(14-24)15-25)12-23(5)11-10-22(3)4/h6-9,16,19-20,25H,10-15H2,1-5H3/t19-,20-/m1/s1. The average molecular weight is 362 g/mol. The van der Waals surface area contributed by atoms with E-state index < -0.39 is 0 Å². The first-order valence-corrected chi connectivity index (χ1v) is 9.65. The van der Waals surface area contributed by atoms with E-state index in [-0.39, 0.29) is 18.4 Å². The molecule has 1 aromatic rings. The lowest BCUT2D eigenvalue weighted by atomic mass is 9.96. The lowest BCUT2D eigenvalue weighted by molar-refractivity contribution is 0.0779. The summed E-state index contributed by atoms with van der Waals surface area (Å²) in [6, 6.07) is 7.96. The van der Waals surface area contributed by atoms with Gasteiger partial charge in [0.15, 0.2) is 0 Å². The lowest BCUT2D eigenvalue weighted by Crippen LogP contribution is -2.35. The number of likely N-dealkylation sites (N-methyl/N-ethyl adjacent to an activating group) is 2. The van der Waals surface area contributed by atoms with Crippen LogP contribution in [0.4, 0.5) is 0 Å². The Balaban J connectivity index is 1.97. The largest absolute Gasteiger partial charge is 0.396 e. The molecule has 1 aliphatic rings. The Morgan fingerprint density at radius 2 is 1.73 bits per heavy atom. The van der Waals surface area contributed by atoms with Crippen LogP contribution in [0.15, 0.2) is 24.3 Å². The number of benzene rings is 1. The number of rotatable bonds is 8. The lowest BCUT2D eigenvalue weighted by Gasteiger charge is -2.25. The summed E-state index contributed by atoms with van der Waals surface area (Å²) in [6.45, 7) is 8.73. The number of aliphatic hydroxyl groups is 1. The van der Waals surface area contributed by atoms with Crippen LogP contribution in [0, 0.1) is 11.8 Å². The summed E-state index contributed by atoms with van der Waals surface area (Å²) in [4.78, 5) is 19.2. The van der Waals surface area contributed by atoms with E-state index in [0.717, 1.165) is 31.7 Å². The number of aliphatic hydroxyl groups excluding tert-OH is 1. The van der Waals surface area contributed by atoms with Crippen molar-refractivity contribution in [3.05, 3.63) is 35.4 Å². The molecule has 1 N–H and O–H groups in total. The maximum atomic E-state index is 12.9. The molecule has 0 unspecified atom stereocenters. The zero-order valence-electron chi connectivity index (χ0n) is 17.0. The first-order valence-electron chi connectivity index (χ1n) is 9.65. The van der Waals surface area contributed by atoms with Crippen molar-refractivity contribution >= 4 is 5.91 Å². The van der Waals surface area contributed by atoms with Gasteiger partial charge in [-0.1, -0.05) is 26.0 Å². The van der Waals surface area contributed by atoms with Gasteiger partial charge in [0.05, 0.1) is 0 Å². The fourth-order valence-corrected chi connectivity index (χ4v) is 3.57. The predicted molar refractivity (Wildman–Crippen MR) is 107 cm³/mol. The molecule has 0 bridgehead atoms. The van der Waals surface area contributed by atoms with Gasteiger partial charge in [-0.3, -0.25) is 4.79 Å². The molecule has 5 nitrogen and oxygen atoms in total. The van der Waals surface area contributed by atoms with E-state index in [1.54, 1.807) is 0 Å². The number of hydrogen-bond donors (Lipinski definition) is 1. The van der Waals surface area contributed by atoms with Crippen molar-refractivity contribution in [1.29, 1.82) is 0 Å². The van der Waals surface area contributed by atoms with Crippen LogP contribution < -0.4 is 0 Å². The van der Waals surface area contributed by atoms with E-state index in [4.69, 9.17) is 0 Å². The van der Waals surface area contributed by atoms with Crippen molar-refractivity contribution in [3.63, 3.8) is 0 Å². The molecule has 146 valence electrons. The molecule has 5 heteroatoms. The van der Waals surface area contributed by atoms with Crippen LogP contribution in [0.25, 0.3) is 0 Å². The molecule has 2 atom stereocenters. The normalized spacial score (nSPS) is 20.6. The van der Waals surface area contributed by atoms with E-state index in [0.29, 0.717) is 18.4 Å². The Morgan fingerprint density at radius 1 is 1.12 bits per heavy atom. The first kappa shape index (κ1) is 20.9. The van der Waals surface area contributed by atoms with Gasteiger partial charge in [-0.05, 0) is 50.7 Å². The van der Waals surface area contributed by atoms with Crippen molar-refractivity contribution in [2.45, 2.75) is 19.8 Å². The Hall–Kier alpha value is -1.43. The molecule has 1 saturated heterocycles. The number of hydrogen-bond acceptors (Lipinski definition) is 4. The fourth-order valence-electron chi connectivity index (χ4n) is 3.57. The Labute approximate surface area is 158 Å². The highest BCUT2D eigenvalue weighted by Crippen LogP contribution is 2.26. The third-order valence-corrected chi connectivity index (χ3v) is 5.40. The maximum absolute atomic E-state index is 12.9. The second-order valence-electron chi connectivity index (χ2n) is 8.26. The molecule has 0 aliphatic carbocycles. The summed E-state index contributed by atoms with van der Waals surface area (Å²) in [5, 5.41) is 9.77. The number of carbonyl (C=O) groups excluding carboxylic acids is 1. The molecule has 1 aliphatic heterocycles. The highest BCUT2D eigenvalue weighted by atomic mass is 16.3. The van der Waals surface area contributed by atoms with Gasteiger partial charge < -0.3 is 19.8 Å². The predicted octanol–water partition coefficient (Wildman–Crippen LogP) is 1.98. The summed E-state index contributed by atoms with van der Waals surface area (Å²) in [5.41, 5.74) is 1.99. The molecule has 0 radical (unpaired) electrons. The molecule has 2 rings (SSSR count). The Bertz CT molecular complexity index is 571. The molecule has 1 fully saturated rings. The monoisotopic (exact) mass is 361 g/mol. The van der Waals surface area contributed by atoms with E-state index in [1.807, 2.05) is 29.2 Å². The second-order valence-corrected chi connectivity index (χ2v) is 8.26. The Kier molecular flexibility index (Phi) is 7.62. The van der Waals surface area contributed by atoms with Crippen LogP contribution in [-0.2, 0) is 0 Å². The number of carbonyl (C=O) groups is 1. The van der Waals surface area contributed by atoms with E-state index in [2.05, 4.69) is 44.8 Å². The zero-order chi connectivity index (χ0) is 19.3. The molecule has 1 amide bonds. The Morgan fingerprint density at radius 3 is 2.27 bits per heavy atom. The summed E-state index contributed by atoms with van der Waals surface area (Å²) >= 11 is 0. The highest BCUT2D eigenvalue weighted by molar-refractivity contribution is 5.94. The van der Waals surface area contributed by atoms with Crippen molar-refractivity contribution in [3.8, 4) is 0 Å². The van der Waals surface area contributed by atoms with Gasteiger partial charge >= 0.3 is 0 Å². The third kappa shape index (κ3) is 5.53. The van der Waals surface area contributed by atoms with E-state index >= 15 is 0 Å². The van der Waals surface area contributed by atoms with Gasteiger partial charge in [0.1, 0.15) is 0 Å². The minimum absolute atomic E-state index is 0.0807. The third-order valence-electron chi connectivity index (χ3n) is 5.40. The summed E-state index contributed by atoms with van der Waals surface area (Å²) < 4.78 is 0. The van der Waals surface area contributed by atoms with Crippen LogP contribution in [0.5, 0.6) is 0 Å². The quantitative estimate of drug-likeness (QED) is 0.769. The van der Waals surface area contributed by atoms with Gasteiger partial charge in [0.2, 0.25) is 0 Å². The average Bonchev–Trinajstić information content (AvgIpc) is 3.02. The number of nitrogens with zero attached hydrogens (tertiary/aromatic N) is 3. The SMILES string of the molecule is CC(C)c1ccc(C(=O)N2C[C@@H](CN(C)CCN(C)C)[C@@H](CO)C2)cc1. The molecular weight excluding hydrogens is 326 g/mol. The molecule has 0 saturated carbocycles. The molecule has 0 aromatic heterocycles. The van der Waals surface area contributed by atoms with Gasteiger partial charge in [0.25, 0.3) is 5.91 Å². The summed E-state index contributed by atoms with van der Waals surface area (Å²) in [6.07, 6.45) is 0. The number of amides is 1. The van der Waals surface area contributed by atoms with Gasteiger partial charge in [-0.25, -0.2) is 0 Å². The smallest absolute Gasteiger partial charge is 0.253 e. The second kappa shape index (κ2) is 9.49. The van der Waals surface area contributed by atoms with Crippen molar-refractivity contribution < 1.29 is 9.90 Å². The van der Waals surface area contributed by atoms with Gasteiger partial charge in [-0.2, -0.15) is 0 Å². The topological polar surface area (TPSA) is 47.0 Å². The highest BCUT2D eigenvalue weighted by Gasteiger charge is 2.35. The van der Waals surface area contributed by atoms with Crippen LogP contribution in [0.3, 0.4) is 0 Å². The number of likely N-dealkylation sites (tertiary alicyclic amines) is 1. The van der Waals surface area contributed by atoms with Crippen LogP contribution >= 0.6 is 0 Å². The maximum Gasteiger partial charge on any atom is 0.253 e. The van der Waals surface area contributed by atoms with Crippen LogP contribution in [0.1, 0.15) is 35.7 Å². The van der Waals surface area contributed by atoms with Crippen molar-refractivity contribution in [2.75, 3.05) is 60.5 Å².